The molecule has 0 saturated heterocycles. The summed E-state index contributed by atoms with van der Waals surface area (Å²) in [7, 11) is 0. The standard InChI is InChI=1S/C11H14O.C10H12O/c1-10(12)6-5-9-11-7-3-2-4-8-11;11-9-5-4-8-10-6-2-1-3-7-10/h2-5,7-10,12H,6H2,1H3;1-4,6-8,11H,5,9H2. The summed E-state index contributed by atoms with van der Waals surface area (Å²) in [6.07, 6.45) is 9.19. The zero-order valence-corrected chi connectivity index (χ0v) is 13.7. The summed E-state index contributed by atoms with van der Waals surface area (Å²) in [4.78, 5) is 0. The second kappa shape index (κ2) is 12.4. The zero-order chi connectivity index (χ0) is 16.8. The highest BCUT2D eigenvalue weighted by molar-refractivity contribution is 5.49. The molecule has 2 rings (SSSR count). The topological polar surface area (TPSA) is 40.5 Å². The summed E-state index contributed by atoms with van der Waals surface area (Å²) < 4.78 is 0. The van der Waals surface area contributed by atoms with Gasteiger partial charge < -0.3 is 10.2 Å². The van der Waals surface area contributed by atoms with Crippen LogP contribution in [0.15, 0.2) is 72.8 Å². The monoisotopic (exact) mass is 310 g/mol. The second-order valence-corrected chi connectivity index (χ2v) is 5.22. The highest BCUT2D eigenvalue weighted by Crippen LogP contribution is 2.03. The molecule has 2 aromatic carbocycles. The van der Waals surface area contributed by atoms with Crippen LogP contribution < -0.4 is 0 Å². The Balaban J connectivity index is 0.000000231. The Kier molecular flexibility index (Phi) is 10.2. The van der Waals surface area contributed by atoms with E-state index in [4.69, 9.17) is 10.2 Å². The van der Waals surface area contributed by atoms with Crippen LogP contribution >= 0.6 is 0 Å². The van der Waals surface area contributed by atoms with Gasteiger partial charge >= 0.3 is 0 Å². The van der Waals surface area contributed by atoms with Crippen molar-refractivity contribution in [1.29, 1.82) is 0 Å². The van der Waals surface area contributed by atoms with Crippen LogP contribution in [0.4, 0.5) is 0 Å². The van der Waals surface area contributed by atoms with Gasteiger partial charge in [-0.1, -0.05) is 85.0 Å². The Morgan fingerprint density at radius 1 is 0.826 bits per heavy atom. The van der Waals surface area contributed by atoms with Crippen molar-refractivity contribution in [3.63, 3.8) is 0 Å². The van der Waals surface area contributed by atoms with Crippen molar-refractivity contribution in [2.75, 3.05) is 6.61 Å². The van der Waals surface area contributed by atoms with Crippen molar-refractivity contribution in [2.45, 2.75) is 25.9 Å². The summed E-state index contributed by atoms with van der Waals surface area (Å²) in [6.45, 7) is 2.01. The number of aliphatic hydroxyl groups is 2. The molecule has 2 nitrogen and oxygen atoms in total. The van der Waals surface area contributed by atoms with Crippen molar-refractivity contribution in [3.8, 4) is 0 Å². The number of hydrogen-bond donors (Lipinski definition) is 2. The molecule has 0 aliphatic carbocycles. The minimum Gasteiger partial charge on any atom is -0.396 e. The first-order valence-electron chi connectivity index (χ1n) is 7.94. The van der Waals surface area contributed by atoms with Crippen LogP contribution in [0.5, 0.6) is 0 Å². The fourth-order valence-corrected chi connectivity index (χ4v) is 1.82. The van der Waals surface area contributed by atoms with Gasteiger partial charge in [0.25, 0.3) is 0 Å². The first-order chi connectivity index (χ1) is 11.2. The van der Waals surface area contributed by atoms with Crippen molar-refractivity contribution < 1.29 is 10.2 Å². The molecule has 0 saturated carbocycles. The average Bonchev–Trinajstić information content (AvgIpc) is 2.57. The van der Waals surface area contributed by atoms with Gasteiger partial charge in [-0.2, -0.15) is 0 Å². The van der Waals surface area contributed by atoms with E-state index in [1.165, 1.54) is 11.1 Å². The highest BCUT2D eigenvalue weighted by Gasteiger charge is 1.88. The first kappa shape index (κ1) is 18.9. The molecule has 0 aliphatic heterocycles. The molecule has 0 bridgehead atoms. The third-order valence-corrected chi connectivity index (χ3v) is 2.99. The lowest BCUT2D eigenvalue weighted by Crippen LogP contribution is -1.94. The molecule has 0 heterocycles. The van der Waals surface area contributed by atoms with Gasteiger partial charge in [0.15, 0.2) is 0 Å². The fraction of sp³-hybridized carbons (Fsp3) is 0.238. The Labute approximate surface area is 139 Å². The summed E-state index contributed by atoms with van der Waals surface area (Å²) in [5.74, 6) is 0. The van der Waals surface area contributed by atoms with Gasteiger partial charge in [-0.25, -0.2) is 0 Å². The molecule has 0 spiro atoms. The number of rotatable bonds is 6. The summed E-state index contributed by atoms with van der Waals surface area (Å²) in [5.41, 5.74) is 2.36. The summed E-state index contributed by atoms with van der Waals surface area (Å²) >= 11 is 0. The van der Waals surface area contributed by atoms with Crippen LogP contribution in [0.1, 0.15) is 30.9 Å². The molecule has 23 heavy (non-hydrogen) atoms. The van der Waals surface area contributed by atoms with Crippen LogP contribution in [0.3, 0.4) is 0 Å². The van der Waals surface area contributed by atoms with Crippen LogP contribution in [-0.2, 0) is 0 Å². The quantitative estimate of drug-likeness (QED) is 0.821. The van der Waals surface area contributed by atoms with Gasteiger partial charge in [0.2, 0.25) is 0 Å². The van der Waals surface area contributed by atoms with E-state index in [1.54, 1.807) is 6.92 Å². The minimum atomic E-state index is -0.245. The maximum Gasteiger partial charge on any atom is 0.0546 e. The summed E-state index contributed by atoms with van der Waals surface area (Å²) in [6, 6.07) is 20.1. The number of benzene rings is 2. The predicted molar refractivity (Wildman–Crippen MR) is 99.0 cm³/mol. The van der Waals surface area contributed by atoms with Gasteiger partial charge in [0.1, 0.15) is 0 Å². The van der Waals surface area contributed by atoms with E-state index in [9.17, 15) is 0 Å². The molecule has 2 aromatic rings. The molecule has 0 aromatic heterocycles. The lowest BCUT2D eigenvalue weighted by Gasteiger charge is -1.96. The Bertz CT molecular complexity index is 557. The third-order valence-electron chi connectivity index (χ3n) is 2.99. The van der Waals surface area contributed by atoms with E-state index in [0.29, 0.717) is 0 Å². The van der Waals surface area contributed by atoms with Crippen molar-refractivity contribution in [3.05, 3.63) is 83.9 Å². The van der Waals surface area contributed by atoms with E-state index in [2.05, 4.69) is 0 Å². The number of aliphatic hydroxyl groups excluding tert-OH is 2. The Hall–Kier alpha value is -2.16. The van der Waals surface area contributed by atoms with Crippen molar-refractivity contribution in [1.82, 2.24) is 0 Å². The fourth-order valence-electron chi connectivity index (χ4n) is 1.82. The molecular weight excluding hydrogens is 284 g/mol. The molecule has 122 valence electrons. The van der Waals surface area contributed by atoms with E-state index < -0.39 is 0 Å². The van der Waals surface area contributed by atoms with Gasteiger partial charge in [0.05, 0.1) is 6.10 Å². The van der Waals surface area contributed by atoms with Crippen LogP contribution in [0, 0.1) is 0 Å². The summed E-state index contributed by atoms with van der Waals surface area (Å²) in [5, 5.41) is 17.5. The van der Waals surface area contributed by atoms with Crippen molar-refractivity contribution in [2.24, 2.45) is 0 Å². The van der Waals surface area contributed by atoms with E-state index >= 15 is 0 Å². The molecule has 0 fully saturated rings. The van der Waals surface area contributed by atoms with E-state index in [0.717, 1.165) is 12.8 Å². The van der Waals surface area contributed by atoms with Crippen LogP contribution in [-0.4, -0.2) is 22.9 Å². The van der Waals surface area contributed by atoms with E-state index in [-0.39, 0.29) is 12.7 Å². The molecule has 2 heteroatoms. The van der Waals surface area contributed by atoms with Crippen LogP contribution in [0.2, 0.25) is 0 Å². The predicted octanol–water partition coefficient (Wildman–Crippen LogP) is 4.55. The molecule has 0 aliphatic rings. The maximum atomic E-state index is 8.98. The van der Waals surface area contributed by atoms with Crippen molar-refractivity contribution >= 4 is 12.2 Å². The zero-order valence-electron chi connectivity index (χ0n) is 13.7. The van der Waals surface area contributed by atoms with Gasteiger partial charge in [-0.05, 0) is 30.9 Å². The number of hydrogen-bond acceptors (Lipinski definition) is 2. The third kappa shape index (κ3) is 10.2. The average molecular weight is 310 g/mol. The second-order valence-electron chi connectivity index (χ2n) is 5.22. The largest absolute Gasteiger partial charge is 0.396 e. The minimum absolute atomic E-state index is 0.226. The van der Waals surface area contributed by atoms with Gasteiger partial charge in [-0.3, -0.25) is 0 Å². The smallest absolute Gasteiger partial charge is 0.0546 e. The molecule has 2 N–H and O–H groups in total. The molecule has 0 amide bonds. The lowest BCUT2D eigenvalue weighted by molar-refractivity contribution is 0.199. The lowest BCUT2D eigenvalue weighted by atomic mass is 10.2. The highest BCUT2D eigenvalue weighted by atomic mass is 16.3. The van der Waals surface area contributed by atoms with Crippen LogP contribution in [0.25, 0.3) is 12.2 Å². The maximum absolute atomic E-state index is 8.98. The molecule has 1 unspecified atom stereocenters. The molecule has 1 atom stereocenters. The Morgan fingerprint density at radius 3 is 1.74 bits per heavy atom. The SMILES string of the molecule is CC(O)CC=Cc1ccccc1.OCCC=Cc1ccccc1. The molecular formula is C21H26O2. The normalized spacial score (nSPS) is 12.1. The van der Waals surface area contributed by atoms with Gasteiger partial charge in [0, 0.05) is 6.61 Å². The first-order valence-corrected chi connectivity index (χ1v) is 7.94. The Morgan fingerprint density at radius 2 is 1.30 bits per heavy atom. The van der Waals surface area contributed by atoms with E-state index in [1.807, 2.05) is 85.0 Å². The van der Waals surface area contributed by atoms with Gasteiger partial charge in [-0.15, -0.1) is 0 Å². The molecule has 0 radical (unpaired) electrons.